The van der Waals surface area contributed by atoms with Crippen molar-refractivity contribution in [1.82, 2.24) is 0 Å². The van der Waals surface area contributed by atoms with Gasteiger partial charge in [0.15, 0.2) is 10.8 Å². The first-order chi connectivity index (χ1) is 3.29. The van der Waals surface area contributed by atoms with Gasteiger partial charge in [-0.05, 0) is 0 Å². The normalized spacial score (nSPS) is 12.0. The molecule has 0 bridgehead atoms. The second kappa shape index (κ2) is 1.82. The van der Waals surface area contributed by atoms with Crippen LogP contribution in [0.25, 0.3) is 0 Å². The molecule has 0 aliphatic rings. The molecule has 1 aromatic heterocycles. The van der Waals surface area contributed by atoms with E-state index in [0.717, 1.165) is 0 Å². The van der Waals surface area contributed by atoms with Crippen molar-refractivity contribution >= 4 is 22.4 Å². The maximum Gasteiger partial charge on any atom is 0.193 e. The van der Waals surface area contributed by atoms with Crippen LogP contribution in [0.15, 0.2) is 16.8 Å². The maximum absolute atomic E-state index is 8.68. The molecule has 0 radical (unpaired) electrons. The van der Waals surface area contributed by atoms with Gasteiger partial charge in [0.1, 0.15) is 15.8 Å². The molecule has 0 amide bonds. The Morgan fingerprint density at radius 2 is 2.43 bits per heavy atom. The van der Waals surface area contributed by atoms with Crippen LogP contribution >= 0.6 is 22.4 Å². The summed E-state index contributed by atoms with van der Waals surface area (Å²) in [6.07, 6.45) is 0. The summed E-state index contributed by atoms with van der Waals surface area (Å²) >= 11 is 5.43. The highest BCUT2D eigenvalue weighted by atomic mass is 35.5. The summed E-state index contributed by atoms with van der Waals surface area (Å²) in [5.41, 5.74) is 0. The molecule has 1 N–H and O–H groups in total. The molecule has 0 aliphatic heterocycles. The lowest BCUT2D eigenvalue weighted by atomic mass is 10.7. The fourth-order valence-electron chi connectivity index (χ4n) is 0.329. The average Bonchev–Trinajstić information content (AvgIpc) is 1.87. The van der Waals surface area contributed by atoms with E-state index in [0.29, 0.717) is 5.02 Å². The molecule has 38 valence electrons. The van der Waals surface area contributed by atoms with E-state index in [1.165, 1.54) is 0 Å². The molecule has 0 aliphatic carbocycles. The molecule has 0 aromatic carbocycles. The van der Waals surface area contributed by atoms with Crippen LogP contribution < -0.4 is 0 Å². The minimum Gasteiger partial charge on any atom is -0.164 e. The van der Waals surface area contributed by atoms with Crippen molar-refractivity contribution in [3.05, 3.63) is 21.8 Å². The van der Waals surface area contributed by atoms with Crippen molar-refractivity contribution in [2.75, 3.05) is 0 Å². The van der Waals surface area contributed by atoms with Crippen molar-refractivity contribution < 1.29 is 4.55 Å². The average molecular weight is 136 g/mol. The van der Waals surface area contributed by atoms with Gasteiger partial charge >= 0.3 is 0 Å². The smallest absolute Gasteiger partial charge is 0.164 e. The topological polar surface area (TPSA) is 20.2 Å². The van der Waals surface area contributed by atoms with E-state index in [2.05, 4.69) is 0 Å². The Bertz CT molecular complexity index is 144. The number of hydrogen-bond donors (Lipinski definition) is 1. The molecule has 7 heavy (non-hydrogen) atoms. The minimum absolute atomic E-state index is 0.630. The number of halogens is 1. The van der Waals surface area contributed by atoms with Crippen LogP contribution in [-0.4, -0.2) is 4.55 Å². The fourth-order valence-corrected chi connectivity index (χ4v) is 1.41. The Morgan fingerprint density at radius 3 is 2.57 bits per heavy atom. The van der Waals surface area contributed by atoms with E-state index in [9.17, 15) is 0 Å². The van der Waals surface area contributed by atoms with Gasteiger partial charge in [0.05, 0.1) is 0 Å². The van der Waals surface area contributed by atoms with Crippen molar-refractivity contribution in [3.8, 4) is 0 Å². The SMILES string of the molecule is O[s+]1ccc(Cl)c1. The molecule has 0 saturated carbocycles. The molecule has 1 atom stereocenters. The summed E-state index contributed by atoms with van der Waals surface area (Å²) in [6, 6.07) is 1.69. The molecule has 0 spiro atoms. The van der Waals surface area contributed by atoms with E-state index >= 15 is 0 Å². The first-order valence-corrected chi connectivity index (χ1v) is 3.44. The lowest BCUT2D eigenvalue weighted by Crippen LogP contribution is -1.40. The van der Waals surface area contributed by atoms with Crippen LogP contribution in [-0.2, 0) is 0 Å². The van der Waals surface area contributed by atoms with Crippen molar-refractivity contribution in [1.29, 1.82) is 0 Å². The second-order valence-corrected chi connectivity index (χ2v) is 2.79. The quantitative estimate of drug-likeness (QED) is 0.541. The summed E-state index contributed by atoms with van der Waals surface area (Å²) in [6.45, 7) is 0. The van der Waals surface area contributed by atoms with Gasteiger partial charge in [-0.3, -0.25) is 0 Å². The Hall–Kier alpha value is -0.0500. The molecule has 1 nitrogen and oxygen atoms in total. The molecule has 0 fully saturated rings. The summed E-state index contributed by atoms with van der Waals surface area (Å²) < 4.78 is 8.68. The summed E-state index contributed by atoms with van der Waals surface area (Å²) in [4.78, 5) is 0. The van der Waals surface area contributed by atoms with E-state index in [1.54, 1.807) is 16.8 Å². The van der Waals surface area contributed by atoms with Gasteiger partial charge in [-0.2, -0.15) is 4.55 Å². The molecular formula is C4H4ClOS+. The highest BCUT2D eigenvalue weighted by Crippen LogP contribution is 2.19. The van der Waals surface area contributed by atoms with Crippen LogP contribution in [0.1, 0.15) is 0 Å². The second-order valence-electron chi connectivity index (χ2n) is 1.15. The number of hydrogen-bond acceptors (Lipinski definition) is 1. The van der Waals surface area contributed by atoms with Crippen molar-refractivity contribution in [2.45, 2.75) is 0 Å². The third-order valence-corrected chi connectivity index (χ3v) is 1.87. The zero-order valence-corrected chi connectivity index (χ0v) is 5.04. The molecule has 1 heterocycles. The standard InChI is InChI=1S/C4H4ClOS/c5-4-1-2-7(6)3-4/h1-3,6H/q+1. The molecule has 0 saturated heterocycles. The zero-order chi connectivity index (χ0) is 5.28. The summed E-state index contributed by atoms with van der Waals surface area (Å²) in [5.74, 6) is 0. The third-order valence-electron chi connectivity index (χ3n) is 0.600. The Morgan fingerprint density at radius 1 is 1.71 bits per heavy atom. The van der Waals surface area contributed by atoms with Gasteiger partial charge in [-0.15, -0.1) is 0 Å². The zero-order valence-electron chi connectivity index (χ0n) is 3.47. The van der Waals surface area contributed by atoms with Gasteiger partial charge < -0.3 is 0 Å². The fraction of sp³-hybridized carbons (Fsp3) is 0. The van der Waals surface area contributed by atoms with E-state index in [-0.39, 0.29) is 0 Å². The Labute approximate surface area is 49.3 Å². The van der Waals surface area contributed by atoms with E-state index in [4.69, 9.17) is 16.2 Å². The Balaban J connectivity index is 3.04. The predicted molar refractivity (Wildman–Crippen MR) is 31.3 cm³/mol. The molecule has 3 heteroatoms. The van der Waals surface area contributed by atoms with Gasteiger partial charge in [-0.1, -0.05) is 11.6 Å². The number of rotatable bonds is 0. The highest BCUT2D eigenvalue weighted by molar-refractivity contribution is 7.22. The van der Waals surface area contributed by atoms with Gasteiger partial charge in [0, 0.05) is 6.07 Å². The van der Waals surface area contributed by atoms with Gasteiger partial charge in [-0.25, -0.2) is 0 Å². The molecular weight excluding hydrogens is 132 g/mol. The first-order valence-electron chi connectivity index (χ1n) is 1.75. The van der Waals surface area contributed by atoms with Crippen LogP contribution in [0.4, 0.5) is 0 Å². The third kappa shape index (κ3) is 1.16. The van der Waals surface area contributed by atoms with Gasteiger partial charge in [0.2, 0.25) is 0 Å². The largest absolute Gasteiger partial charge is 0.193 e. The van der Waals surface area contributed by atoms with Gasteiger partial charge in [0.25, 0.3) is 0 Å². The van der Waals surface area contributed by atoms with Crippen molar-refractivity contribution in [3.63, 3.8) is 0 Å². The minimum atomic E-state index is -0.677. The maximum atomic E-state index is 8.68. The highest BCUT2D eigenvalue weighted by Gasteiger charge is 1.98. The summed E-state index contributed by atoms with van der Waals surface area (Å²) in [5, 5.41) is 3.88. The number of thiophene rings is 1. The molecule has 1 unspecified atom stereocenters. The monoisotopic (exact) mass is 135 g/mol. The lowest BCUT2D eigenvalue weighted by Gasteiger charge is -1.58. The van der Waals surface area contributed by atoms with E-state index in [1.807, 2.05) is 0 Å². The first kappa shape index (κ1) is 5.09. The van der Waals surface area contributed by atoms with Crippen LogP contribution in [0, 0.1) is 0 Å². The molecule has 1 aromatic rings. The van der Waals surface area contributed by atoms with Crippen LogP contribution in [0.5, 0.6) is 0 Å². The molecule has 1 rings (SSSR count). The predicted octanol–water partition coefficient (Wildman–Crippen LogP) is 2.22. The summed E-state index contributed by atoms with van der Waals surface area (Å²) in [7, 11) is -0.677. The lowest BCUT2D eigenvalue weighted by molar-refractivity contribution is 0.643. The van der Waals surface area contributed by atoms with Crippen LogP contribution in [0.3, 0.4) is 0 Å². The Kier molecular flexibility index (Phi) is 1.32. The van der Waals surface area contributed by atoms with Crippen molar-refractivity contribution in [2.24, 2.45) is 0 Å². The van der Waals surface area contributed by atoms with Crippen LogP contribution in [0.2, 0.25) is 5.02 Å². The van der Waals surface area contributed by atoms with E-state index < -0.39 is 10.8 Å².